The molecule has 0 fully saturated rings. The number of methoxy groups -OCH3 is 1. The SMILES string of the molecule is CCNc1cc(COC)nc(-c2ccc(F)cc2Br)n1. The molecule has 1 aromatic heterocycles. The van der Waals surface area contributed by atoms with Gasteiger partial charge in [-0.15, -0.1) is 0 Å². The zero-order valence-corrected chi connectivity index (χ0v) is 12.9. The van der Waals surface area contributed by atoms with E-state index < -0.39 is 0 Å². The van der Waals surface area contributed by atoms with Gasteiger partial charge in [0.1, 0.15) is 11.6 Å². The van der Waals surface area contributed by atoms with Crippen LogP contribution in [-0.4, -0.2) is 23.6 Å². The van der Waals surface area contributed by atoms with E-state index in [2.05, 4.69) is 31.2 Å². The van der Waals surface area contributed by atoms with Gasteiger partial charge in [-0.3, -0.25) is 0 Å². The van der Waals surface area contributed by atoms with Crippen molar-refractivity contribution in [3.63, 3.8) is 0 Å². The van der Waals surface area contributed by atoms with Crippen molar-refractivity contribution in [2.75, 3.05) is 19.0 Å². The molecular formula is C14H15BrFN3O. The van der Waals surface area contributed by atoms with Crippen LogP contribution in [0.3, 0.4) is 0 Å². The third kappa shape index (κ3) is 3.52. The number of nitrogens with one attached hydrogen (secondary N) is 1. The van der Waals surface area contributed by atoms with Gasteiger partial charge >= 0.3 is 0 Å². The normalized spacial score (nSPS) is 10.6. The molecule has 0 spiro atoms. The van der Waals surface area contributed by atoms with Crippen LogP contribution in [0.25, 0.3) is 11.4 Å². The fourth-order valence-electron chi connectivity index (χ4n) is 1.78. The first kappa shape index (κ1) is 14.9. The van der Waals surface area contributed by atoms with Crippen molar-refractivity contribution in [2.45, 2.75) is 13.5 Å². The molecule has 0 bridgehead atoms. The fraction of sp³-hybridized carbons (Fsp3) is 0.286. The molecule has 2 rings (SSSR count). The van der Waals surface area contributed by atoms with Crippen LogP contribution in [-0.2, 0) is 11.3 Å². The molecule has 4 nitrogen and oxygen atoms in total. The van der Waals surface area contributed by atoms with Crippen molar-refractivity contribution in [3.8, 4) is 11.4 Å². The Bertz CT molecular complexity index is 583. The van der Waals surface area contributed by atoms with Crippen molar-refractivity contribution < 1.29 is 9.13 Å². The Hall–Kier alpha value is -1.53. The van der Waals surface area contributed by atoms with Crippen LogP contribution in [0.5, 0.6) is 0 Å². The summed E-state index contributed by atoms with van der Waals surface area (Å²) in [5, 5.41) is 3.15. The third-order valence-electron chi connectivity index (χ3n) is 2.60. The Morgan fingerprint density at radius 2 is 2.10 bits per heavy atom. The second-order valence-electron chi connectivity index (χ2n) is 4.16. The van der Waals surface area contributed by atoms with Crippen LogP contribution in [0.1, 0.15) is 12.6 Å². The van der Waals surface area contributed by atoms with Gasteiger partial charge in [-0.2, -0.15) is 0 Å². The minimum Gasteiger partial charge on any atom is -0.378 e. The highest BCUT2D eigenvalue weighted by Crippen LogP contribution is 2.27. The third-order valence-corrected chi connectivity index (χ3v) is 3.26. The molecule has 20 heavy (non-hydrogen) atoms. The summed E-state index contributed by atoms with van der Waals surface area (Å²) in [6.45, 7) is 3.14. The van der Waals surface area contributed by atoms with E-state index in [-0.39, 0.29) is 5.82 Å². The number of rotatable bonds is 5. The van der Waals surface area contributed by atoms with Gasteiger partial charge in [0.25, 0.3) is 0 Å². The van der Waals surface area contributed by atoms with E-state index in [4.69, 9.17) is 4.74 Å². The summed E-state index contributed by atoms with van der Waals surface area (Å²) >= 11 is 3.34. The maximum atomic E-state index is 13.2. The molecule has 106 valence electrons. The molecule has 0 saturated carbocycles. The molecule has 0 saturated heterocycles. The van der Waals surface area contributed by atoms with Crippen molar-refractivity contribution in [1.82, 2.24) is 9.97 Å². The number of aromatic nitrogens is 2. The summed E-state index contributed by atoms with van der Waals surface area (Å²) in [6.07, 6.45) is 0. The zero-order chi connectivity index (χ0) is 14.5. The lowest BCUT2D eigenvalue weighted by atomic mass is 10.2. The monoisotopic (exact) mass is 339 g/mol. The van der Waals surface area contributed by atoms with Gasteiger partial charge in [-0.1, -0.05) is 0 Å². The first-order valence-electron chi connectivity index (χ1n) is 6.20. The summed E-state index contributed by atoms with van der Waals surface area (Å²) in [6, 6.07) is 6.28. The zero-order valence-electron chi connectivity index (χ0n) is 11.3. The molecule has 0 radical (unpaired) electrons. The number of halogens is 2. The van der Waals surface area contributed by atoms with E-state index in [0.717, 1.165) is 23.6 Å². The molecule has 0 aliphatic heterocycles. The Balaban J connectivity index is 2.48. The van der Waals surface area contributed by atoms with Crippen LogP contribution < -0.4 is 5.32 Å². The highest BCUT2D eigenvalue weighted by Gasteiger charge is 2.10. The first-order chi connectivity index (χ1) is 9.63. The molecular weight excluding hydrogens is 325 g/mol. The number of hydrogen-bond donors (Lipinski definition) is 1. The van der Waals surface area contributed by atoms with Crippen molar-refractivity contribution >= 4 is 21.7 Å². The summed E-state index contributed by atoms with van der Waals surface area (Å²) in [5.41, 5.74) is 1.51. The van der Waals surface area contributed by atoms with Crippen LogP contribution in [0.4, 0.5) is 10.2 Å². The second-order valence-corrected chi connectivity index (χ2v) is 5.01. The molecule has 0 aliphatic carbocycles. The predicted molar refractivity (Wildman–Crippen MR) is 80.0 cm³/mol. The standard InChI is InChI=1S/C14H15BrFN3O/c1-3-17-13-7-10(8-20-2)18-14(19-13)11-5-4-9(16)6-12(11)15/h4-7H,3,8H2,1-2H3,(H,17,18,19). The number of ether oxygens (including phenoxy) is 1. The van der Waals surface area contributed by atoms with E-state index >= 15 is 0 Å². The average molecular weight is 340 g/mol. The number of hydrogen-bond acceptors (Lipinski definition) is 4. The number of anilines is 1. The Morgan fingerprint density at radius 3 is 2.75 bits per heavy atom. The smallest absolute Gasteiger partial charge is 0.162 e. The van der Waals surface area contributed by atoms with Crippen LogP contribution >= 0.6 is 15.9 Å². The highest BCUT2D eigenvalue weighted by atomic mass is 79.9. The molecule has 1 N–H and O–H groups in total. The largest absolute Gasteiger partial charge is 0.378 e. The topological polar surface area (TPSA) is 47.0 Å². The van der Waals surface area contributed by atoms with Gasteiger partial charge in [-0.25, -0.2) is 14.4 Å². The molecule has 0 atom stereocenters. The lowest BCUT2D eigenvalue weighted by Crippen LogP contribution is -2.05. The fourth-order valence-corrected chi connectivity index (χ4v) is 2.31. The summed E-state index contributed by atoms with van der Waals surface area (Å²) in [4.78, 5) is 8.87. The Labute approximate surface area is 125 Å². The van der Waals surface area contributed by atoms with Crippen molar-refractivity contribution in [3.05, 3.63) is 40.2 Å². The van der Waals surface area contributed by atoms with E-state index in [1.165, 1.54) is 12.1 Å². The lowest BCUT2D eigenvalue weighted by Gasteiger charge is -2.10. The molecule has 0 unspecified atom stereocenters. The van der Waals surface area contributed by atoms with Crippen molar-refractivity contribution in [2.24, 2.45) is 0 Å². The first-order valence-corrected chi connectivity index (χ1v) is 6.99. The Kier molecular flexibility index (Phi) is 5.03. The molecule has 0 amide bonds. The highest BCUT2D eigenvalue weighted by molar-refractivity contribution is 9.10. The maximum Gasteiger partial charge on any atom is 0.162 e. The summed E-state index contributed by atoms with van der Waals surface area (Å²) < 4.78 is 18.9. The van der Waals surface area contributed by atoms with E-state index in [1.54, 1.807) is 13.2 Å². The molecule has 6 heteroatoms. The predicted octanol–water partition coefficient (Wildman–Crippen LogP) is 3.62. The van der Waals surface area contributed by atoms with Crippen LogP contribution in [0.15, 0.2) is 28.7 Å². The molecule has 0 aliphatic rings. The molecule has 1 heterocycles. The second kappa shape index (κ2) is 6.76. The minimum atomic E-state index is -0.305. The number of benzene rings is 1. The maximum absolute atomic E-state index is 13.2. The van der Waals surface area contributed by atoms with E-state index in [1.807, 2.05) is 13.0 Å². The number of nitrogens with zero attached hydrogens (tertiary/aromatic N) is 2. The van der Waals surface area contributed by atoms with Gasteiger partial charge in [-0.05, 0) is 41.1 Å². The van der Waals surface area contributed by atoms with Gasteiger partial charge in [0, 0.05) is 29.8 Å². The van der Waals surface area contributed by atoms with E-state index in [0.29, 0.717) is 16.9 Å². The van der Waals surface area contributed by atoms with Gasteiger partial charge in [0.2, 0.25) is 0 Å². The summed E-state index contributed by atoms with van der Waals surface area (Å²) in [5.74, 6) is 0.948. The quantitative estimate of drug-likeness (QED) is 0.903. The summed E-state index contributed by atoms with van der Waals surface area (Å²) in [7, 11) is 1.61. The molecule has 1 aromatic carbocycles. The minimum absolute atomic E-state index is 0.305. The van der Waals surface area contributed by atoms with Gasteiger partial charge in [0.15, 0.2) is 5.82 Å². The average Bonchev–Trinajstić information content (AvgIpc) is 2.39. The van der Waals surface area contributed by atoms with Crippen molar-refractivity contribution in [1.29, 1.82) is 0 Å². The van der Waals surface area contributed by atoms with Gasteiger partial charge in [0.05, 0.1) is 12.3 Å². The van der Waals surface area contributed by atoms with Gasteiger partial charge < -0.3 is 10.1 Å². The van der Waals surface area contributed by atoms with E-state index in [9.17, 15) is 4.39 Å². The Morgan fingerprint density at radius 1 is 1.30 bits per heavy atom. The molecule has 2 aromatic rings. The van der Waals surface area contributed by atoms with Crippen LogP contribution in [0, 0.1) is 5.82 Å². The van der Waals surface area contributed by atoms with Crippen LogP contribution in [0.2, 0.25) is 0 Å². The lowest BCUT2D eigenvalue weighted by molar-refractivity contribution is 0.181.